The first-order valence-corrected chi connectivity index (χ1v) is 14.3. The van der Waals surface area contributed by atoms with E-state index >= 15 is 0 Å². The van der Waals surface area contributed by atoms with Crippen molar-refractivity contribution in [2.24, 2.45) is 17.8 Å². The maximum absolute atomic E-state index is 13.7. The predicted octanol–water partition coefficient (Wildman–Crippen LogP) is 3.65. The summed E-state index contributed by atoms with van der Waals surface area (Å²) in [6.45, 7) is 8.91. The normalized spacial score (nSPS) is 24.7. The number of anilines is 1. The molecule has 3 aliphatic rings. The highest BCUT2D eigenvalue weighted by Crippen LogP contribution is 2.40. The molecule has 33 heavy (non-hydrogen) atoms. The van der Waals surface area contributed by atoms with E-state index in [0.717, 1.165) is 25.1 Å². The van der Waals surface area contributed by atoms with Gasteiger partial charge in [-0.25, -0.2) is 8.42 Å². The topological polar surface area (TPSA) is 78.0 Å². The Labute approximate surface area is 205 Å². The standard InChI is InChI=1S/C24H34BrN3O4S/c1-4-22(29)28-10-7-19-12-20(25)13-21(23(19)28)33(31,32)27-8-5-18(6-9-27)24(30)26-14-16(2)11-17(3)15-26/h12-13,16-18H,4-11,14-15H2,1-3H3. The molecule has 3 aliphatic heterocycles. The number of sulfonamides is 1. The van der Waals surface area contributed by atoms with Crippen molar-refractivity contribution in [1.29, 1.82) is 0 Å². The van der Waals surface area contributed by atoms with Gasteiger partial charge in [-0.3, -0.25) is 9.59 Å². The Morgan fingerprint density at radius 3 is 2.30 bits per heavy atom. The molecule has 0 bridgehead atoms. The molecule has 0 spiro atoms. The average molecular weight is 541 g/mol. The summed E-state index contributed by atoms with van der Waals surface area (Å²) in [5, 5.41) is 0. The van der Waals surface area contributed by atoms with E-state index in [1.165, 1.54) is 4.31 Å². The smallest absolute Gasteiger partial charge is 0.245 e. The van der Waals surface area contributed by atoms with Gasteiger partial charge in [0.1, 0.15) is 4.90 Å². The van der Waals surface area contributed by atoms with E-state index in [4.69, 9.17) is 0 Å². The molecule has 2 atom stereocenters. The number of amides is 2. The van der Waals surface area contributed by atoms with Gasteiger partial charge in [0.15, 0.2) is 0 Å². The molecule has 0 aromatic heterocycles. The number of carbonyl (C=O) groups excluding carboxylic acids is 2. The lowest BCUT2D eigenvalue weighted by atomic mass is 9.89. The number of rotatable bonds is 4. The number of carbonyl (C=O) groups is 2. The highest BCUT2D eigenvalue weighted by atomic mass is 79.9. The van der Waals surface area contributed by atoms with Gasteiger partial charge in [0, 0.05) is 49.5 Å². The van der Waals surface area contributed by atoms with Gasteiger partial charge in [-0.05, 0) is 55.2 Å². The fraction of sp³-hybridized carbons (Fsp3) is 0.667. The molecule has 2 saturated heterocycles. The number of hydrogen-bond donors (Lipinski definition) is 0. The molecule has 182 valence electrons. The first kappa shape index (κ1) is 24.7. The van der Waals surface area contributed by atoms with Crippen molar-refractivity contribution in [1.82, 2.24) is 9.21 Å². The van der Waals surface area contributed by atoms with E-state index in [1.54, 1.807) is 17.9 Å². The van der Waals surface area contributed by atoms with E-state index in [9.17, 15) is 18.0 Å². The summed E-state index contributed by atoms with van der Waals surface area (Å²) in [6.07, 6.45) is 3.19. The van der Waals surface area contributed by atoms with Crippen molar-refractivity contribution in [3.8, 4) is 0 Å². The number of piperidine rings is 2. The van der Waals surface area contributed by atoms with Gasteiger partial charge in [0.2, 0.25) is 21.8 Å². The van der Waals surface area contributed by atoms with E-state index in [-0.39, 0.29) is 22.6 Å². The largest absolute Gasteiger partial charge is 0.342 e. The molecule has 3 heterocycles. The average Bonchev–Trinajstić information content (AvgIpc) is 3.20. The lowest BCUT2D eigenvalue weighted by molar-refractivity contribution is -0.139. The summed E-state index contributed by atoms with van der Waals surface area (Å²) in [5.74, 6) is 0.992. The molecule has 1 aromatic carbocycles. The molecular formula is C24H34BrN3O4S. The third-order valence-electron chi connectivity index (χ3n) is 7.20. The number of benzene rings is 1. The fourth-order valence-electron chi connectivity index (χ4n) is 5.69. The summed E-state index contributed by atoms with van der Waals surface area (Å²) >= 11 is 3.45. The van der Waals surface area contributed by atoms with E-state index < -0.39 is 10.0 Å². The lowest BCUT2D eigenvalue weighted by Crippen LogP contribution is -2.48. The lowest BCUT2D eigenvalue weighted by Gasteiger charge is -2.39. The molecule has 2 amide bonds. The molecule has 4 rings (SSSR count). The van der Waals surface area contributed by atoms with Crippen LogP contribution in [0.3, 0.4) is 0 Å². The van der Waals surface area contributed by atoms with Gasteiger partial charge >= 0.3 is 0 Å². The summed E-state index contributed by atoms with van der Waals surface area (Å²) in [7, 11) is -3.79. The van der Waals surface area contributed by atoms with Crippen LogP contribution in [0.25, 0.3) is 0 Å². The summed E-state index contributed by atoms with van der Waals surface area (Å²) in [5.41, 5.74) is 1.41. The van der Waals surface area contributed by atoms with Crippen molar-refractivity contribution in [2.45, 2.75) is 57.8 Å². The number of fused-ring (bicyclic) bond motifs is 1. The maximum Gasteiger partial charge on any atom is 0.245 e. The van der Waals surface area contributed by atoms with Crippen LogP contribution in [-0.2, 0) is 26.0 Å². The van der Waals surface area contributed by atoms with Crippen LogP contribution in [0, 0.1) is 17.8 Å². The van der Waals surface area contributed by atoms with Crippen LogP contribution in [0.1, 0.15) is 52.0 Å². The van der Waals surface area contributed by atoms with E-state index in [1.807, 2.05) is 11.0 Å². The van der Waals surface area contributed by atoms with Gasteiger partial charge in [-0.15, -0.1) is 0 Å². The van der Waals surface area contributed by atoms with Crippen molar-refractivity contribution < 1.29 is 18.0 Å². The second kappa shape index (κ2) is 9.66. The minimum absolute atomic E-state index is 0.0678. The van der Waals surface area contributed by atoms with Crippen LogP contribution in [0.15, 0.2) is 21.5 Å². The third-order valence-corrected chi connectivity index (χ3v) is 9.57. The van der Waals surface area contributed by atoms with Gasteiger partial charge < -0.3 is 9.80 Å². The number of likely N-dealkylation sites (tertiary alicyclic amines) is 1. The molecule has 2 fully saturated rings. The first-order valence-electron chi connectivity index (χ1n) is 12.0. The Morgan fingerprint density at radius 2 is 1.70 bits per heavy atom. The van der Waals surface area contributed by atoms with Crippen molar-refractivity contribution >= 4 is 43.5 Å². The minimum Gasteiger partial charge on any atom is -0.342 e. The quantitative estimate of drug-likeness (QED) is 0.584. The number of nitrogens with zero attached hydrogens (tertiary/aromatic N) is 3. The zero-order valence-electron chi connectivity index (χ0n) is 19.7. The molecule has 7 nitrogen and oxygen atoms in total. The fourth-order valence-corrected chi connectivity index (χ4v) is 8.08. The third kappa shape index (κ3) is 4.86. The Morgan fingerprint density at radius 1 is 1.06 bits per heavy atom. The van der Waals surface area contributed by atoms with Gasteiger partial charge in [-0.2, -0.15) is 4.31 Å². The van der Waals surface area contributed by atoms with Crippen LogP contribution in [0.4, 0.5) is 5.69 Å². The highest BCUT2D eigenvalue weighted by molar-refractivity contribution is 9.10. The molecular weight excluding hydrogens is 506 g/mol. The van der Waals surface area contributed by atoms with E-state index in [0.29, 0.717) is 67.3 Å². The number of hydrogen-bond acceptors (Lipinski definition) is 4. The molecule has 0 radical (unpaired) electrons. The second-order valence-electron chi connectivity index (χ2n) is 9.93. The zero-order valence-corrected chi connectivity index (χ0v) is 22.1. The summed E-state index contributed by atoms with van der Waals surface area (Å²) < 4.78 is 29.6. The summed E-state index contributed by atoms with van der Waals surface area (Å²) in [4.78, 5) is 29.4. The Balaban J connectivity index is 1.51. The van der Waals surface area contributed by atoms with Gasteiger partial charge in [0.25, 0.3) is 0 Å². The molecule has 2 unspecified atom stereocenters. The van der Waals surface area contributed by atoms with E-state index in [2.05, 4.69) is 29.8 Å². The Kier molecular flexibility index (Phi) is 7.22. The van der Waals surface area contributed by atoms with Crippen molar-refractivity contribution in [2.75, 3.05) is 37.6 Å². The maximum atomic E-state index is 13.7. The SMILES string of the molecule is CCC(=O)N1CCc2cc(Br)cc(S(=O)(=O)N3CCC(C(=O)N4CC(C)CC(C)C4)CC3)c21. The Hall–Kier alpha value is -1.45. The molecule has 0 saturated carbocycles. The van der Waals surface area contributed by atoms with Crippen LogP contribution < -0.4 is 4.90 Å². The zero-order chi connectivity index (χ0) is 23.9. The molecule has 0 aliphatic carbocycles. The van der Waals surface area contributed by atoms with Gasteiger partial charge in [0.05, 0.1) is 5.69 Å². The Bertz CT molecular complexity index is 1030. The minimum atomic E-state index is -3.79. The predicted molar refractivity (Wildman–Crippen MR) is 131 cm³/mol. The second-order valence-corrected chi connectivity index (χ2v) is 12.8. The molecule has 9 heteroatoms. The summed E-state index contributed by atoms with van der Waals surface area (Å²) in [6, 6.07) is 3.52. The van der Waals surface area contributed by atoms with Crippen LogP contribution in [0.2, 0.25) is 0 Å². The van der Waals surface area contributed by atoms with Crippen LogP contribution in [0.5, 0.6) is 0 Å². The molecule has 1 aromatic rings. The van der Waals surface area contributed by atoms with Crippen molar-refractivity contribution in [3.63, 3.8) is 0 Å². The van der Waals surface area contributed by atoms with Crippen LogP contribution in [-0.4, -0.2) is 62.2 Å². The van der Waals surface area contributed by atoms with Crippen LogP contribution >= 0.6 is 15.9 Å². The molecule has 0 N–H and O–H groups in total. The van der Waals surface area contributed by atoms with Crippen molar-refractivity contribution in [3.05, 3.63) is 22.2 Å². The monoisotopic (exact) mass is 539 g/mol. The highest BCUT2D eigenvalue weighted by Gasteiger charge is 2.39. The van der Waals surface area contributed by atoms with Gasteiger partial charge in [-0.1, -0.05) is 36.7 Å². The first-order chi connectivity index (χ1) is 15.6. The number of halogens is 1.